The lowest BCUT2D eigenvalue weighted by molar-refractivity contribution is 0.0987. The lowest BCUT2D eigenvalue weighted by Gasteiger charge is -2.12. The summed E-state index contributed by atoms with van der Waals surface area (Å²) in [5.41, 5.74) is 0.840. The van der Waals surface area contributed by atoms with Crippen molar-refractivity contribution in [2.75, 3.05) is 26.4 Å². The Balaban J connectivity index is 2.50. The standard InChI is InChI=1S/C14H22FNO2/c1-3-8-17-9-10-18-14-12(11-16-4-2)6-5-7-13(14)15/h5-7,16H,3-4,8-11H2,1-2H3. The minimum Gasteiger partial charge on any atom is -0.488 e. The molecule has 0 fully saturated rings. The van der Waals surface area contributed by atoms with E-state index in [1.807, 2.05) is 19.9 Å². The molecule has 0 aromatic heterocycles. The molecule has 1 aromatic rings. The van der Waals surface area contributed by atoms with Crippen LogP contribution in [0.25, 0.3) is 0 Å². The number of halogens is 1. The second-order valence-corrected chi connectivity index (χ2v) is 3.97. The van der Waals surface area contributed by atoms with Crippen molar-refractivity contribution < 1.29 is 13.9 Å². The molecular formula is C14H22FNO2. The normalized spacial score (nSPS) is 10.6. The van der Waals surface area contributed by atoms with Crippen molar-refractivity contribution in [1.82, 2.24) is 5.32 Å². The van der Waals surface area contributed by atoms with E-state index in [2.05, 4.69) is 5.32 Å². The molecule has 0 heterocycles. The summed E-state index contributed by atoms with van der Waals surface area (Å²) >= 11 is 0. The number of rotatable bonds is 9. The highest BCUT2D eigenvalue weighted by Gasteiger charge is 2.09. The van der Waals surface area contributed by atoms with Crippen LogP contribution in [0, 0.1) is 5.82 Å². The number of nitrogens with one attached hydrogen (secondary N) is 1. The molecule has 0 aliphatic rings. The lowest BCUT2D eigenvalue weighted by Crippen LogP contribution is -2.15. The smallest absolute Gasteiger partial charge is 0.165 e. The maximum absolute atomic E-state index is 13.7. The molecule has 0 radical (unpaired) electrons. The molecule has 0 aliphatic carbocycles. The van der Waals surface area contributed by atoms with Gasteiger partial charge < -0.3 is 14.8 Å². The van der Waals surface area contributed by atoms with Gasteiger partial charge in [-0.3, -0.25) is 0 Å². The van der Waals surface area contributed by atoms with Crippen molar-refractivity contribution in [3.8, 4) is 5.75 Å². The summed E-state index contributed by atoms with van der Waals surface area (Å²) in [7, 11) is 0. The fourth-order valence-corrected chi connectivity index (χ4v) is 1.56. The molecule has 0 bridgehead atoms. The quantitative estimate of drug-likeness (QED) is 0.688. The molecular weight excluding hydrogens is 233 g/mol. The summed E-state index contributed by atoms with van der Waals surface area (Å²) in [4.78, 5) is 0. The average molecular weight is 255 g/mol. The third-order valence-electron chi connectivity index (χ3n) is 2.44. The topological polar surface area (TPSA) is 30.5 Å². The van der Waals surface area contributed by atoms with E-state index in [1.165, 1.54) is 6.07 Å². The fourth-order valence-electron chi connectivity index (χ4n) is 1.56. The van der Waals surface area contributed by atoms with Gasteiger partial charge in [-0.2, -0.15) is 0 Å². The van der Waals surface area contributed by atoms with Gasteiger partial charge in [-0.25, -0.2) is 4.39 Å². The third kappa shape index (κ3) is 5.02. The summed E-state index contributed by atoms with van der Waals surface area (Å²) < 4.78 is 24.4. The molecule has 0 saturated carbocycles. The third-order valence-corrected chi connectivity index (χ3v) is 2.44. The molecule has 0 amide bonds. The largest absolute Gasteiger partial charge is 0.488 e. The summed E-state index contributed by atoms with van der Waals surface area (Å²) in [6, 6.07) is 4.98. The Hall–Kier alpha value is -1.13. The van der Waals surface area contributed by atoms with Gasteiger partial charge in [-0.15, -0.1) is 0 Å². The monoisotopic (exact) mass is 255 g/mol. The van der Waals surface area contributed by atoms with Crippen LogP contribution in [0.4, 0.5) is 4.39 Å². The van der Waals surface area contributed by atoms with Crippen LogP contribution >= 0.6 is 0 Å². The lowest BCUT2D eigenvalue weighted by atomic mass is 10.2. The highest BCUT2D eigenvalue weighted by Crippen LogP contribution is 2.22. The van der Waals surface area contributed by atoms with Crippen LogP contribution in [0.1, 0.15) is 25.8 Å². The Labute approximate surface area is 108 Å². The first-order valence-corrected chi connectivity index (χ1v) is 6.48. The van der Waals surface area contributed by atoms with Crippen LogP contribution in [-0.4, -0.2) is 26.4 Å². The van der Waals surface area contributed by atoms with Crippen LogP contribution in [0.2, 0.25) is 0 Å². The molecule has 4 heteroatoms. The van der Waals surface area contributed by atoms with Crippen LogP contribution < -0.4 is 10.1 Å². The van der Waals surface area contributed by atoms with E-state index < -0.39 is 0 Å². The second kappa shape index (κ2) is 8.89. The molecule has 1 N–H and O–H groups in total. The average Bonchev–Trinajstić information content (AvgIpc) is 2.38. The van der Waals surface area contributed by atoms with Crippen LogP contribution in [-0.2, 0) is 11.3 Å². The zero-order valence-corrected chi connectivity index (χ0v) is 11.2. The molecule has 0 atom stereocenters. The van der Waals surface area contributed by atoms with Gasteiger partial charge in [0.15, 0.2) is 11.6 Å². The van der Waals surface area contributed by atoms with Crippen molar-refractivity contribution in [2.45, 2.75) is 26.8 Å². The Kier molecular flexibility index (Phi) is 7.37. The molecule has 102 valence electrons. The fraction of sp³-hybridized carbons (Fsp3) is 0.571. The summed E-state index contributed by atoms with van der Waals surface area (Å²) in [6.45, 7) is 7.09. The van der Waals surface area contributed by atoms with E-state index in [0.717, 1.165) is 18.5 Å². The highest BCUT2D eigenvalue weighted by atomic mass is 19.1. The first kappa shape index (κ1) is 14.9. The molecule has 0 saturated heterocycles. The molecule has 0 spiro atoms. The zero-order valence-electron chi connectivity index (χ0n) is 11.2. The van der Waals surface area contributed by atoms with Gasteiger partial charge in [0.25, 0.3) is 0 Å². The Morgan fingerprint density at radius 2 is 2.00 bits per heavy atom. The van der Waals surface area contributed by atoms with Gasteiger partial charge in [0.2, 0.25) is 0 Å². The van der Waals surface area contributed by atoms with E-state index in [4.69, 9.17) is 9.47 Å². The van der Waals surface area contributed by atoms with Gasteiger partial charge in [-0.1, -0.05) is 26.0 Å². The van der Waals surface area contributed by atoms with Crippen LogP contribution in [0.15, 0.2) is 18.2 Å². The first-order valence-electron chi connectivity index (χ1n) is 6.48. The van der Waals surface area contributed by atoms with Crippen molar-refractivity contribution in [3.05, 3.63) is 29.6 Å². The highest BCUT2D eigenvalue weighted by molar-refractivity contribution is 5.34. The summed E-state index contributed by atoms with van der Waals surface area (Å²) in [5, 5.41) is 3.16. The molecule has 1 aromatic carbocycles. The van der Waals surface area contributed by atoms with Crippen molar-refractivity contribution >= 4 is 0 Å². The van der Waals surface area contributed by atoms with Gasteiger partial charge in [-0.05, 0) is 19.0 Å². The number of benzene rings is 1. The number of hydrogen-bond donors (Lipinski definition) is 1. The van der Waals surface area contributed by atoms with Gasteiger partial charge in [0.05, 0.1) is 6.61 Å². The van der Waals surface area contributed by atoms with E-state index >= 15 is 0 Å². The maximum Gasteiger partial charge on any atom is 0.165 e. The summed E-state index contributed by atoms with van der Waals surface area (Å²) in [5.74, 6) is 0.0134. The van der Waals surface area contributed by atoms with Crippen molar-refractivity contribution in [1.29, 1.82) is 0 Å². The number of hydrogen-bond acceptors (Lipinski definition) is 3. The Morgan fingerprint density at radius 3 is 2.72 bits per heavy atom. The predicted octanol–water partition coefficient (Wildman–Crippen LogP) is 2.74. The minimum absolute atomic E-state index is 0.319. The number of para-hydroxylation sites is 1. The summed E-state index contributed by atoms with van der Waals surface area (Å²) in [6.07, 6.45) is 0.978. The zero-order chi connectivity index (χ0) is 13.2. The molecule has 0 aliphatic heterocycles. The van der Waals surface area contributed by atoms with E-state index in [9.17, 15) is 4.39 Å². The van der Waals surface area contributed by atoms with Crippen molar-refractivity contribution in [3.63, 3.8) is 0 Å². The van der Waals surface area contributed by atoms with Crippen molar-refractivity contribution in [2.24, 2.45) is 0 Å². The Morgan fingerprint density at radius 1 is 1.17 bits per heavy atom. The molecule has 18 heavy (non-hydrogen) atoms. The SMILES string of the molecule is CCCOCCOc1c(F)cccc1CNCC. The van der Waals surface area contributed by atoms with Gasteiger partial charge >= 0.3 is 0 Å². The molecule has 0 unspecified atom stereocenters. The minimum atomic E-state index is -0.319. The van der Waals surface area contributed by atoms with Crippen LogP contribution in [0.5, 0.6) is 5.75 Å². The molecule has 1 rings (SSSR count). The van der Waals surface area contributed by atoms with E-state index in [1.54, 1.807) is 6.07 Å². The van der Waals surface area contributed by atoms with Crippen LogP contribution in [0.3, 0.4) is 0 Å². The predicted molar refractivity (Wildman–Crippen MR) is 70.4 cm³/mol. The van der Waals surface area contributed by atoms with Gasteiger partial charge in [0.1, 0.15) is 6.61 Å². The maximum atomic E-state index is 13.7. The first-order chi connectivity index (χ1) is 8.79. The Bertz CT molecular complexity index is 345. The number of ether oxygens (including phenoxy) is 2. The molecule has 3 nitrogen and oxygen atoms in total. The van der Waals surface area contributed by atoms with E-state index in [-0.39, 0.29) is 5.82 Å². The van der Waals surface area contributed by atoms with E-state index in [0.29, 0.717) is 32.1 Å². The second-order valence-electron chi connectivity index (χ2n) is 3.97. The van der Waals surface area contributed by atoms with Gasteiger partial charge in [0, 0.05) is 18.7 Å².